The van der Waals surface area contributed by atoms with Crippen molar-refractivity contribution in [3.05, 3.63) is 30.4 Å². The van der Waals surface area contributed by atoms with Gasteiger partial charge in [-0.05, 0) is 44.9 Å². The maximum absolute atomic E-state index is 12.2. The molecule has 0 aliphatic heterocycles. The summed E-state index contributed by atoms with van der Waals surface area (Å²) >= 11 is 0. The predicted octanol–water partition coefficient (Wildman–Crippen LogP) is 7.38. The van der Waals surface area contributed by atoms with Crippen LogP contribution < -0.4 is 0 Å². The molecule has 0 saturated carbocycles. The molecule has 1 aromatic heterocycles. The number of aldehydes is 1. The summed E-state index contributed by atoms with van der Waals surface area (Å²) < 4.78 is 7.52. The quantitative estimate of drug-likeness (QED) is 0.0761. The molecule has 0 aromatic carbocycles. The Bertz CT molecular complexity index is 668. The Hall–Kier alpha value is -1.91. The molecule has 5 heteroatoms. The Labute approximate surface area is 208 Å². The van der Waals surface area contributed by atoms with Crippen molar-refractivity contribution >= 4 is 12.3 Å². The van der Waals surface area contributed by atoms with Gasteiger partial charge in [-0.1, -0.05) is 77.4 Å². The molecule has 0 aliphatic carbocycles. The minimum absolute atomic E-state index is 0.00374. The van der Waals surface area contributed by atoms with Crippen molar-refractivity contribution in [1.82, 2.24) is 9.55 Å². The summed E-state index contributed by atoms with van der Waals surface area (Å²) in [6.45, 7) is 4.56. The van der Waals surface area contributed by atoms with Crippen molar-refractivity contribution in [3.63, 3.8) is 0 Å². The zero-order valence-electron chi connectivity index (χ0n) is 22.2. The van der Waals surface area contributed by atoms with E-state index >= 15 is 0 Å². The van der Waals surface area contributed by atoms with E-state index in [1.807, 2.05) is 24.7 Å². The third-order valence-electron chi connectivity index (χ3n) is 6.74. The molecule has 0 aliphatic rings. The van der Waals surface area contributed by atoms with Gasteiger partial charge in [0.25, 0.3) is 0 Å². The fourth-order valence-electron chi connectivity index (χ4n) is 4.34. The molecular weight excluding hydrogens is 424 g/mol. The number of aromatic nitrogens is 2. The minimum Gasteiger partial charge on any atom is -0.465 e. The highest BCUT2D eigenvalue weighted by Gasteiger charge is 2.23. The molecule has 0 bridgehead atoms. The first-order valence-electron chi connectivity index (χ1n) is 13.8. The second kappa shape index (κ2) is 20.5. The van der Waals surface area contributed by atoms with Gasteiger partial charge in [0, 0.05) is 37.2 Å². The summed E-state index contributed by atoms with van der Waals surface area (Å²) in [7, 11) is 1.94. The fraction of sp³-hybridized carbons (Fsp3) is 0.759. The molecule has 34 heavy (non-hydrogen) atoms. The molecule has 2 atom stereocenters. The fourth-order valence-corrected chi connectivity index (χ4v) is 4.34. The van der Waals surface area contributed by atoms with Gasteiger partial charge < -0.3 is 14.1 Å². The molecule has 5 nitrogen and oxygen atoms in total. The Kier molecular flexibility index (Phi) is 18.1. The van der Waals surface area contributed by atoms with Crippen LogP contribution in [0.25, 0.3) is 0 Å². The van der Waals surface area contributed by atoms with Gasteiger partial charge in [-0.2, -0.15) is 0 Å². The van der Waals surface area contributed by atoms with E-state index in [1.165, 1.54) is 70.6 Å². The Balaban J connectivity index is 2.08. The van der Waals surface area contributed by atoms with Gasteiger partial charge in [0.15, 0.2) is 0 Å². The van der Waals surface area contributed by atoms with Crippen LogP contribution in [0.1, 0.15) is 116 Å². The molecule has 0 N–H and O–H groups in total. The number of hydrogen-bond acceptors (Lipinski definition) is 4. The van der Waals surface area contributed by atoms with Gasteiger partial charge >= 0.3 is 5.97 Å². The van der Waals surface area contributed by atoms with E-state index in [4.69, 9.17) is 4.74 Å². The molecule has 0 unspecified atom stereocenters. The lowest BCUT2D eigenvalue weighted by Gasteiger charge is -2.22. The number of nitrogens with zero attached hydrogens (tertiary/aromatic N) is 2. The van der Waals surface area contributed by atoms with Crippen LogP contribution in [0.5, 0.6) is 0 Å². The Morgan fingerprint density at radius 3 is 2.15 bits per heavy atom. The van der Waals surface area contributed by atoms with E-state index in [0.29, 0.717) is 19.4 Å². The second-order valence-corrected chi connectivity index (χ2v) is 9.69. The summed E-state index contributed by atoms with van der Waals surface area (Å²) in [4.78, 5) is 27.9. The van der Waals surface area contributed by atoms with Crippen molar-refractivity contribution in [3.8, 4) is 0 Å². The van der Waals surface area contributed by atoms with Gasteiger partial charge in [-0.3, -0.25) is 4.79 Å². The number of aryl methyl sites for hydroxylation is 1. The molecule has 0 fully saturated rings. The van der Waals surface area contributed by atoms with Crippen LogP contribution >= 0.6 is 0 Å². The van der Waals surface area contributed by atoms with Crippen LogP contribution in [0.2, 0.25) is 0 Å². The standard InChI is InChI=1S/C29H50N2O3/c1-4-6-7-8-9-10-11-12-13-14-15-16-17-18-19-20-29(33)34-24-27(26(5-2)23-32)21-28-22-30-25-31(28)3/h12-13,22-23,25-27H,4-11,14-21,24H2,1-3H3/b13-12-/t26-,27+/m1/s1. The number of rotatable bonds is 22. The average Bonchev–Trinajstić information content (AvgIpc) is 3.24. The van der Waals surface area contributed by atoms with Crippen molar-refractivity contribution in [1.29, 1.82) is 0 Å². The number of carbonyl (C=O) groups is 2. The Morgan fingerprint density at radius 2 is 1.59 bits per heavy atom. The maximum Gasteiger partial charge on any atom is 0.305 e. The normalized spacial score (nSPS) is 13.3. The SMILES string of the molecule is CCCCCCCC/C=C\CCCCCCCC(=O)OC[C@H](Cc1cncn1C)[C@@H](C=O)CC. The van der Waals surface area contributed by atoms with E-state index in [0.717, 1.165) is 31.2 Å². The highest BCUT2D eigenvalue weighted by molar-refractivity contribution is 5.69. The summed E-state index contributed by atoms with van der Waals surface area (Å²) in [6.07, 6.45) is 27.3. The lowest BCUT2D eigenvalue weighted by atomic mass is 9.88. The summed E-state index contributed by atoms with van der Waals surface area (Å²) in [6, 6.07) is 0. The lowest BCUT2D eigenvalue weighted by Crippen LogP contribution is -2.25. The van der Waals surface area contributed by atoms with Gasteiger partial charge in [-0.15, -0.1) is 0 Å². The molecule has 0 amide bonds. The highest BCUT2D eigenvalue weighted by atomic mass is 16.5. The smallest absolute Gasteiger partial charge is 0.305 e. The van der Waals surface area contributed by atoms with Gasteiger partial charge in [-0.25, -0.2) is 4.98 Å². The van der Waals surface area contributed by atoms with Crippen molar-refractivity contribution in [2.75, 3.05) is 6.61 Å². The largest absolute Gasteiger partial charge is 0.465 e. The number of carbonyl (C=O) groups excluding carboxylic acids is 2. The van der Waals surface area contributed by atoms with Crippen molar-refractivity contribution < 1.29 is 14.3 Å². The van der Waals surface area contributed by atoms with E-state index in [9.17, 15) is 9.59 Å². The summed E-state index contributed by atoms with van der Waals surface area (Å²) in [5.41, 5.74) is 1.05. The minimum atomic E-state index is -0.145. The lowest BCUT2D eigenvalue weighted by molar-refractivity contribution is -0.146. The number of unbranched alkanes of at least 4 members (excludes halogenated alkanes) is 11. The number of allylic oxidation sites excluding steroid dienone is 2. The van der Waals surface area contributed by atoms with Crippen LogP contribution in [0.4, 0.5) is 0 Å². The first kappa shape index (κ1) is 30.1. The first-order chi connectivity index (χ1) is 16.6. The van der Waals surface area contributed by atoms with E-state index in [1.54, 1.807) is 6.33 Å². The molecule has 1 rings (SSSR count). The van der Waals surface area contributed by atoms with Crippen LogP contribution in [-0.4, -0.2) is 28.4 Å². The monoisotopic (exact) mass is 474 g/mol. The first-order valence-corrected chi connectivity index (χ1v) is 13.8. The molecule has 0 spiro atoms. The van der Waals surface area contributed by atoms with E-state index in [-0.39, 0.29) is 17.8 Å². The molecular formula is C29H50N2O3. The van der Waals surface area contributed by atoms with Crippen LogP contribution in [0.3, 0.4) is 0 Å². The molecule has 0 saturated heterocycles. The molecule has 194 valence electrons. The van der Waals surface area contributed by atoms with Crippen molar-refractivity contribution in [2.24, 2.45) is 18.9 Å². The summed E-state index contributed by atoms with van der Waals surface area (Å²) in [5, 5.41) is 0. The molecule has 0 radical (unpaired) electrons. The van der Waals surface area contributed by atoms with E-state index in [2.05, 4.69) is 24.1 Å². The van der Waals surface area contributed by atoms with E-state index < -0.39 is 0 Å². The Morgan fingerprint density at radius 1 is 0.971 bits per heavy atom. The molecule has 1 aromatic rings. The van der Waals surface area contributed by atoms with Gasteiger partial charge in [0.05, 0.1) is 12.9 Å². The topological polar surface area (TPSA) is 61.2 Å². The number of imidazole rings is 1. The maximum atomic E-state index is 12.2. The van der Waals surface area contributed by atoms with Gasteiger partial charge in [0.2, 0.25) is 0 Å². The highest BCUT2D eigenvalue weighted by Crippen LogP contribution is 2.20. The molecule has 1 heterocycles. The number of esters is 1. The van der Waals surface area contributed by atoms with Crippen LogP contribution in [-0.2, 0) is 27.8 Å². The number of ether oxygens (including phenoxy) is 1. The van der Waals surface area contributed by atoms with Crippen LogP contribution in [0.15, 0.2) is 24.7 Å². The van der Waals surface area contributed by atoms with Crippen LogP contribution in [0, 0.1) is 11.8 Å². The zero-order valence-corrected chi connectivity index (χ0v) is 22.2. The zero-order chi connectivity index (χ0) is 24.9. The number of hydrogen-bond donors (Lipinski definition) is 0. The average molecular weight is 475 g/mol. The second-order valence-electron chi connectivity index (χ2n) is 9.69. The van der Waals surface area contributed by atoms with Gasteiger partial charge in [0.1, 0.15) is 6.29 Å². The third-order valence-corrected chi connectivity index (χ3v) is 6.74. The third kappa shape index (κ3) is 14.4. The van der Waals surface area contributed by atoms with Crippen molar-refractivity contribution in [2.45, 2.75) is 117 Å². The predicted molar refractivity (Wildman–Crippen MR) is 141 cm³/mol. The summed E-state index contributed by atoms with van der Waals surface area (Å²) in [5.74, 6) is -0.258.